The van der Waals surface area contributed by atoms with Crippen LogP contribution in [-0.4, -0.2) is 17.4 Å². The molecule has 0 bridgehead atoms. The Morgan fingerprint density at radius 1 is 1.45 bits per heavy atom. The molecule has 4 nitrogen and oxygen atoms in total. The van der Waals surface area contributed by atoms with Gasteiger partial charge in [-0.05, 0) is 35.9 Å². The molecule has 0 atom stereocenters. The Kier molecular flexibility index (Phi) is 5.27. The van der Waals surface area contributed by atoms with Gasteiger partial charge in [0.1, 0.15) is 5.75 Å². The van der Waals surface area contributed by atoms with E-state index < -0.39 is 5.82 Å². The molecule has 0 radical (unpaired) electrons. The molecule has 1 N–H and O–H groups in total. The summed E-state index contributed by atoms with van der Waals surface area (Å²) in [5.74, 6) is 1.95. The first-order chi connectivity index (χ1) is 10.7. The molecule has 0 spiro atoms. The molecule has 2 aromatic rings. The van der Waals surface area contributed by atoms with Crippen LogP contribution in [-0.2, 0) is 4.79 Å². The second kappa shape index (κ2) is 7.60. The predicted octanol–water partition coefficient (Wildman–Crippen LogP) is 2.78. The summed E-state index contributed by atoms with van der Waals surface area (Å²) >= 11 is 0. The van der Waals surface area contributed by atoms with Crippen molar-refractivity contribution in [3.05, 3.63) is 60.2 Å². The van der Waals surface area contributed by atoms with E-state index in [0.717, 1.165) is 0 Å². The Hall–Kier alpha value is -3.13. The predicted molar refractivity (Wildman–Crippen MR) is 81.6 cm³/mol. The molecule has 1 aromatic carbocycles. The van der Waals surface area contributed by atoms with Crippen molar-refractivity contribution in [1.29, 1.82) is 0 Å². The maximum absolute atomic E-state index is 14.0. The monoisotopic (exact) mass is 296 g/mol. The SMILES string of the molecule is C#CCNC(=O)/C=C/c1ccc(Oc2cccnc2)c(F)c1. The van der Waals surface area contributed by atoms with Crippen LogP contribution >= 0.6 is 0 Å². The molecule has 22 heavy (non-hydrogen) atoms. The molecule has 0 aliphatic carbocycles. The molecule has 0 aliphatic heterocycles. The summed E-state index contributed by atoms with van der Waals surface area (Å²) in [6.45, 7) is 0.148. The van der Waals surface area contributed by atoms with Gasteiger partial charge in [-0.25, -0.2) is 4.39 Å². The number of amides is 1. The Morgan fingerprint density at radius 3 is 3.00 bits per heavy atom. The standard InChI is InChI=1S/C17H13FN2O2/c1-2-9-20-17(21)8-6-13-5-7-16(15(18)11-13)22-14-4-3-10-19-12-14/h1,3-8,10-12H,9H2,(H,20,21)/b8-6+. The van der Waals surface area contributed by atoms with Gasteiger partial charge in [-0.3, -0.25) is 9.78 Å². The number of hydrogen-bond acceptors (Lipinski definition) is 3. The zero-order chi connectivity index (χ0) is 15.8. The lowest BCUT2D eigenvalue weighted by molar-refractivity contribution is -0.116. The van der Waals surface area contributed by atoms with Crippen molar-refractivity contribution >= 4 is 12.0 Å². The number of terminal acetylenes is 1. The lowest BCUT2D eigenvalue weighted by Gasteiger charge is -2.06. The second-order valence-electron chi connectivity index (χ2n) is 4.24. The number of pyridine rings is 1. The van der Waals surface area contributed by atoms with E-state index in [1.54, 1.807) is 24.4 Å². The topological polar surface area (TPSA) is 51.2 Å². The highest BCUT2D eigenvalue weighted by Crippen LogP contribution is 2.24. The van der Waals surface area contributed by atoms with E-state index in [-0.39, 0.29) is 18.2 Å². The van der Waals surface area contributed by atoms with Gasteiger partial charge in [0, 0.05) is 12.3 Å². The maximum Gasteiger partial charge on any atom is 0.244 e. The van der Waals surface area contributed by atoms with Crippen LogP contribution in [0.5, 0.6) is 11.5 Å². The van der Waals surface area contributed by atoms with E-state index in [9.17, 15) is 9.18 Å². The lowest BCUT2D eigenvalue weighted by Crippen LogP contribution is -2.20. The van der Waals surface area contributed by atoms with Crippen molar-refractivity contribution in [2.75, 3.05) is 6.54 Å². The third-order valence-electron chi connectivity index (χ3n) is 2.61. The van der Waals surface area contributed by atoms with Crippen molar-refractivity contribution in [1.82, 2.24) is 10.3 Å². The number of benzene rings is 1. The molecule has 1 aromatic heterocycles. The molecule has 110 valence electrons. The summed E-state index contributed by atoms with van der Waals surface area (Å²) in [5, 5.41) is 2.47. The first-order valence-electron chi connectivity index (χ1n) is 6.46. The first-order valence-corrected chi connectivity index (χ1v) is 6.46. The minimum atomic E-state index is -0.532. The van der Waals surface area contributed by atoms with Crippen LogP contribution < -0.4 is 10.1 Å². The van der Waals surface area contributed by atoms with Crippen LogP contribution in [0.2, 0.25) is 0 Å². The number of halogens is 1. The van der Waals surface area contributed by atoms with Gasteiger partial charge in [0.2, 0.25) is 5.91 Å². The van der Waals surface area contributed by atoms with Gasteiger partial charge in [-0.1, -0.05) is 12.0 Å². The number of hydrogen-bond donors (Lipinski definition) is 1. The number of nitrogens with one attached hydrogen (secondary N) is 1. The summed E-state index contributed by atoms with van der Waals surface area (Å²) in [6, 6.07) is 7.77. The van der Waals surface area contributed by atoms with Crippen molar-refractivity contribution in [2.24, 2.45) is 0 Å². The van der Waals surface area contributed by atoms with Crippen LogP contribution in [0.15, 0.2) is 48.8 Å². The first kappa shape index (κ1) is 15.3. The molecule has 0 saturated carbocycles. The average molecular weight is 296 g/mol. The third kappa shape index (κ3) is 4.46. The molecule has 0 saturated heterocycles. The second-order valence-corrected chi connectivity index (χ2v) is 4.24. The molecular weight excluding hydrogens is 283 g/mol. The molecule has 0 unspecified atom stereocenters. The van der Waals surface area contributed by atoms with Crippen molar-refractivity contribution in [3.8, 4) is 23.8 Å². The fraction of sp³-hybridized carbons (Fsp3) is 0.0588. The van der Waals surface area contributed by atoms with Crippen LogP contribution in [0.3, 0.4) is 0 Å². The Morgan fingerprint density at radius 2 is 2.32 bits per heavy atom. The summed E-state index contributed by atoms with van der Waals surface area (Å²) in [4.78, 5) is 15.2. The number of aromatic nitrogens is 1. The van der Waals surface area contributed by atoms with Gasteiger partial charge in [-0.2, -0.15) is 0 Å². The van der Waals surface area contributed by atoms with Crippen molar-refractivity contribution in [3.63, 3.8) is 0 Å². The number of carbonyl (C=O) groups is 1. The highest BCUT2D eigenvalue weighted by Gasteiger charge is 2.05. The van der Waals surface area contributed by atoms with E-state index in [2.05, 4.69) is 16.2 Å². The largest absolute Gasteiger partial charge is 0.453 e. The smallest absolute Gasteiger partial charge is 0.244 e. The zero-order valence-electron chi connectivity index (χ0n) is 11.6. The van der Waals surface area contributed by atoms with Gasteiger partial charge < -0.3 is 10.1 Å². The van der Waals surface area contributed by atoms with Gasteiger partial charge >= 0.3 is 0 Å². The van der Waals surface area contributed by atoms with Gasteiger partial charge in [0.05, 0.1) is 12.7 Å². The molecule has 2 rings (SSSR count). The number of ether oxygens (including phenoxy) is 1. The normalized spacial score (nSPS) is 10.2. The quantitative estimate of drug-likeness (QED) is 0.682. The summed E-state index contributed by atoms with van der Waals surface area (Å²) in [5.41, 5.74) is 0.534. The highest BCUT2D eigenvalue weighted by molar-refractivity contribution is 5.91. The number of nitrogens with zero attached hydrogens (tertiary/aromatic N) is 1. The van der Waals surface area contributed by atoms with E-state index in [4.69, 9.17) is 11.2 Å². The molecule has 1 amide bonds. The lowest BCUT2D eigenvalue weighted by atomic mass is 10.2. The molecule has 5 heteroatoms. The Balaban J connectivity index is 2.05. The maximum atomic E-state index is 14.0. The van der Waals surface area contributed by atoms with Crippen molar-refractivity contribution in [2.45, 2.75) is 0 Å². The molecule has 0 aliphatic rings. The molecule has 1 heterocycles. The number of rotatable bonds is 5. The van der Waals surface area contributed by atoms with Gasteiger partial charge in [0.15, 0.2) is 11.6 Å². The van der Waals surface area contributed by atoms with Crippen LogP contribution in [0.4, 0.5) is 4.39 Å². The fourth-order valence-electron chi connectivity index (χ4n) is 1.61. The summed E-state index contributed by atoms with van der Waals surface area (Å²) in [6.07, 6.45) is 10.9. The average Bonchev–Trinajstić information content (AvgIpc) is 2.54. The minimum Gasteiger partial charge on any atom is -0.453 e. The van der Waals surface area contributed by atoms with Crippen LogP contribution in [0.25, 0.3) is 6.08 Å². The van der Waals surface area contributed by atoms with Crippen molar-refractivity contribution < 1.29 is 13.9 Å². The van der Waals surface area contributed by atoms with Gasteiger partial charge in [0.25, 0.3) is 0 Å². The number of carbonyl (C=O) groups excluding carboxylic acids is 1. The van der Waals surface area contributed by atoms with E-state index in [1.807, 2.05) is 0 Å². The fourth-order valence-corrected chi connectivity index (χ4v) is 1.61. The highest BCUT2D eigenvalue weighted by atomic mass is 19.1. The molecule has 0 fully saturated rings. The van der Waals surface area contributed by atoms with E-state index >= 15 is 0 Å². The molecular formula is C17H13FN2O2. The minimum absolute atomic E-state index is 0.0851. The Bertz CT molecular complexity index is 721. The van der Waals surface area contributed by atoms with E-state index in [1.165, 1.54) is 30.5 Å². The van der Waals surface area contributed by atoms with Gasteiger partial charge in [-0.15, -0.1) is 6.42 Å². The van der Waals surface area contributed by atoms with Crippen LogP contribution in [0, 0.1) is 18.2 Å². The Labute approximate surface area is 127 Å². The summed E-state index contributed by atoms with van der Waals surface area (Å²) < 4.78 is 19.3. The third-order valence-corrected chi connectivity index (χ3v) is 2.61. The zero-order valence-corrected chi connectivity index (χ0v) is 11.6. The van der Waals surface area contributed by atoms with E-state index in [0.29, 0.717) is 11.3 Å². The van der Waals surface area contributed by atoms with Crippen LogP contribution in [0.1, 0.15) is 5.56 Å². The summed E-state index contributed by atoms with van der Waals surface area (Å²) in [7, 11) is 0.